The molecule has 0 saturated carbocycles. The molecule has 0 unspecified atom stereocenters. The van der Waals surface area contributed by atoms with Crippen molar-refractivity contribution in [2.45, 2.75) is 13.8 Å². The molecule has 15 rings (SSSR count). The molecule has 0 atom stereocenters. The standard InChI is InChI=1S/C80H52N6/c1-51-39-41-75-65(43-51)59-31-15-19-35-71(59)85(75)73-37-21-17-33-61(73)77-63(47-69(53-23-7-3-8-24-53)83-79(77)55-27-11-5-12-28-55)57-45-58(49-81)68(50-82)64(46-57)67-48-70(54-25-9-4-10-26-54)84-80(56-29-13-6-14-30-56)78(67)62-34-18-22-38-74(62)86-72-36-20-16-32-60(72)66-44-52(2)40-42-76(66)86/h3-48H,1-2H3. The number of aryl methyl sites for hydroxylation is 2. The van der Waals surface area contributed by atoms with Gasteiger partial charge in [0.05, 0.1) is 67.3 Å². The van der Waals surface area contributed by atoms with Crippen molar-refractivity contribution in [1.29, 1.82) is 10.5 Å². The molecule has 15 aromatic rings. The van der Waals surface area contributed by atoms with Crippen LogP contribution in [0, 0.1) is 36.5 Å². The summed E-state index contributed by atoms with van der Waals surface area (Å²) in [5.74, 6) is 0. The molecule has 4 aromatic heterocycles. The minimum Gasteiger partial charge on any atom is -0.309 e. The van der Waals surface area contributed by atoms with Gasteiger partial charge in [0.1, 0.15) is 12.1 Å². The summed E-state index contributed by atoms with van der Waals surface area (Å²) < 4.78 is 4.74. The molecular formula is C80H52N6. The Morgan fingerprint density at radius 3 is 1.16 bits per heavy atom. The van der Waals surface area contributed by atoms with E-state index in [2.05, 4.69) is 247 Å². The maximum absolute atomic E-state index is 11.8. The van der Waals surface area contributed by atoms with Gasteiger partial charge >= 0.3 is 0 Å². The average molecular weight is 1100 g/mol. The van der Waals surface area contributed by atoms with Gasteiger partial charge in [-0.1, -0.05) is 217 Å². The molecule has 0 bridgehead atoms. The topological polar surface area (TPSA) is 83.2 Å². The third-order valence-corrected chi connectivity index (χ3v) is 16.7. The first-order valence-corrected chi connectivity index (χ1v) is 28.9. The van der Waals surface area contributed by atoms with Crippen LogP contribution in [0.4, 0.5) is 0 Å². The summed E-state index contributed by atoms with van der Waals surface area (Å²) in [4.78, 5) is 11.4. The fourth-order valence-electron chi connectivity index (χ4n) is 12.9. The maximum atomic E-state index is 11.8. The molecule has 86 heavy (non-hydrogen) atoms. The molecule has 0 N–H and O–H groups in total. The van der Waals surface area contributed by atoms with Crippen molar-refractivity contribution >= 4 is 43.6 Å². The van der Waals surface area contributed by atoms with E-state index >= 15 is 0 Å². The molecule has 0 fully saturated rings. The Labute approximate surface area is 498 Å². The third kappa shape index (κ3) is 8.64. The number of hydrogen-bond donors (Lipinski definition) is 0. The van der Waals surface area contributed by atoms with Gasteiger partial charge in [-0.05, 0) is 103 Å². The fourth-order valence-corrected chi connectivity index (χ4v) is 12.9. The Kier molecular flexibility index (Phi) is 12.6. The highest BCUT2D eigenvalue weighted by Gasteiger charge is 2.29. The number of benzene rings is 11. The highest BCUT2D eigenvalue weighted by Crippen LogP contribution is 2.50. The van der Waals surface area contributed by atoms with E-state index in [1.54, 1.807) is 0 Å². The molecule has 6 nitrogen and oxygen atoms in total. The van der Waals surface area contributed by atoms with Crippen molar-refractivity contribution in [3.63, 3.8) is 0 Å². The molecule has 4 heterocycles. The molecule has 402 valence electrons. The van der Waals surface area contributed by atoms with Crippen LogP contribution in [0.25, 0.3) is 145 Å². The summed E-state index contributed by atoms with van der Waals surface area (Å²) in [5.41, 5.74) is 22.2. The van der Waals surface area contributed by atoms with Gasteiger partial charge in [0.2, 0.25) is 0 Å². The second-order valence-corrected chi connectivity index (χ2v) is 22.0. The van der Waals surface area contributed by atoms with Gasteiger partial charge in [0.25, 0.3) is 0 Å². The van der Waals surface area contributed by atoms with Crippen LogP contribution in [0.15, 0.2) is 279 Å². The Balaban J connectivity index is 1.09. The number of para-hydroxylation sites is 4. The van der Waals surface area contributed by atoms with Gasteiger partial charge in [0.15, 0.2) is 0 Å². The van der Waals surface area contributed by atoms with Crippen LogP contribution >= 0.6 is 0 Å². The summed E-state index contributed by atoms with van der Waals surface area (Å²) in [6.45, 7) is 4.28. The zero-order valence-corrected chi connectivity index (χ0v) is 47.2. The molecule has 0 spiro atoms. The fraction of sp³-hybridized carbons (Fsp3) is 0.0250. The predicted molar refractivity (Wildman–Crippen MR) is 353 cm³/mol. The van der Waals surface area contributed by atoms with Crippen LogP contribution in [0.3, 0.4) is 0 Å². The zero-order chi connectivity index (χ0) is 57.8. The Hall–Kier alpha value is -11.7. The Morgan fingerprint density at radius 1 is 0.302 bits per heavy atom. The molecule has 0 saturated heterocycles. The number of nitriles is 2. The molecule has 0 aliphatic rings. The first-order chi connectivity index (χ1) is 42.4. The Bertz CT molecular complexity index is 5260. The van der Waals surface area contributed by atoms with E-state index in [-0.39, 0.29) is 11.1 Å². The summed E-state index contributed by atoms with van der Waals surface area (Å²) >= 11 is 0. The molecule has 6 heteroatoms. The van der Waals surface area contributed by atoms with Gasteiger partial charge in [-0.2, -0.15) is 10.5 Å². The normalized spacial score (nSPS) is 11.3. The smallest absolute Gasteiger partial charge is 0.101 e. The highest BCUT2D eigenvalue weighted by atomic mass is 15.0. The van der Waals surface area contributed by atoms with Crippen LogP contribution in [0.1, 0.15) is 22.3 Å². The second kappa shape index (κ2) is 21.2. The van der Waals surface area contributed by atoms with Gasteiger partial charge in [0, 0.05) is 71.6 Å². The lowest BCUT2D eigenvalue weighted by molar-refractivity contribution is 1.18. The van der Waals surface area contributed by atoms with Crippen LogP contribution < -0.4 is 0 Å². The number of hydrogen-bond acceptors (Lipinski definition) is 4. The van der Waals surface area contributed by atoms with Crippen molar-refractivity contribution in [3.8, 4) is 113 Å². The van der Waals surface area contributed by atoms with Gasteiger partial charge in [-0.3, -0.25) is 0 Å². The van der Waals surface area contributed by atoms with Gasteiger partial charge < -0.3 is 9.13 Å². The third-order valence-electron chi connectivity index (χ3n) is 16.7. The average Bonchev–Trinajstić information content (AvgIpc) is 1.71. The molecule has 0 aliphatic heterocycles. The molecule has 0 radical (unpaired) electrons. The van der Waals surface area contributed by atoms with Gasteiger partial charge in [-0.25, -0.2) is 9.97 Å². The van der Waals surface area contributed by atoms with Crippen LogP contribution in [-0.2, 0) is 0 Å². The number of aromatic nitrogens is 4. The van der Waals surface area contributed by atoms with Gasteiger partial charge in [-0.15, -0.1) is 0 Å². The van der Waals surface area contributed by atoms with E-state index in [0.717, 1.165) is 134 Å². The lowest BCUT2D eigenvalue weighted by atomic mass is 9.83. The lowest BCUT2D eigenvalue weighted by Crippen LogP contribution is -2.04. The van der Waals surface area contributed by atoms with Crippen LogP contribution in [0.2, 0.25) is 0 Å². The SMILES string of the molecule is Cc1ccc2c(c1)c1ccccc1n2-c1ccccc1-c1c(-c2cc(C#N)c(C#N)c(-c3cc(-c4ccccc4)nc(-c4ccccc4)c3-c3ccccc3-n3c4ccccc4c4cc(C)ccc43)c2)cc(-c2ccccc2)nc1-c1ccccc1. The number of nitrogens with zero attached hydrogens (tertiary/aromatic N) is 6. The summed E-state index contributed by atoms with van der Waals surface area (Å²) in [6.07, 6.45) is 0. The van der Waals surface area contributed by atoms with Crippen molar-refractivity contribution in [1.82, 2.24) is 19.1 Å². The summed E-state index contributed by atoms with van der Waals surface area (Å²) in [6, 6.07) is 102. The first-order valence-electron chi connectivity index (χ1n) is 28.9. The van der Waals surface area contributed by atoms with E-state index in [1.807, 2.05) is 66.7 Å². The highest BCUT2D eigenvalue weighted by molar-refractivity contribution is 6.12. The molecule has 11 aromatic carbocycles. The largest absolute Gasteiger partial charge is 0.309 e. The minimum atomic E-state index is 0.243. The van der Waals surface area contributed by atoms with Crippen LogP contribution in [0.5, 0.6) is 0 Å². The molecule has 0 amide bonds. The second-order valence-electron chi connectivity index (χ2n) is 22.0. The number of fused-ring (bicyclic) bond motifs is 6. The van der Waals surface area contributed by atoms with E-state index in [0.29, 0.717) is 5.56 Å². The first kappa shape index (κ1) is 51.2. The van der Waals surface area contributed by atoms with Crippen molar-refractivity contribution in [2.75, 3.05) is 0 Å². The number of rotatable bonds is 10. The molecule has 0 aliphatic carbocycles. The van der Waals surface area contributed by atoms with Crippen molar-refractivity contribution in [2.24, 2.45) is 0 Å². The predicted octanol–water partition coefficient (Wildman–Crippen LogP) is 20.4. The molecular weight excluding hydrogens is 1040 g/mol. The van der Waals surface area contributed by atoms with Crippen molar-refractivity contribution in [3.05, 3.63) is 301 Å². The van der Waals surface area contributed by atoms with Crippen molar-refractivity contribution < 1.29 is 0 Å². The lowest BCUT2D eigenvalue weighted by Gasteiger charge is -2.23. The van der Waals surface area contributed by atoms with E-state index in [1.165, 1.54) is 16.5 Å². The zero-order valence-electron chi connectivity index (χ0n) is 47.2. The summed E-state index contributed by atoms with van der Waals surface area (Å²) in [5, 5.41) is 28.0. The maximum Gasteiger partial charge on any atom is 0.101 e. The van der Waals surface area contributed by atoms with E-state index in [4.69, 9.17) is 9.97 Å². The van der Waals surface area contributed by atoms with E-state index < -0.39 is 0 Å². The minimum absolute atomic E-state index is 0.243. The monoisotopic (exact) mass is 1100 g/mol. The quantitative estimate of drug-likeness (QED) is 0.137. The Morgan fingerprint density at radius 2 is 0.698 bits per heavy atom. The van der Waals surface area contributed by atoms with E-state index in [9.17, 15) is 10.5 Å². The summed E-state index contributed by atoms with van der Waals surface area (Å²) in [7, 11) is 0. The van der Waals surface area contributed by atoms with Crippen LogP contribution in [-0.4, -0.2) is 19.1 Å². The number of pyridine rings is 2.